The summed E-state index contributed by atoms with van der Waals surface area (Å²) in [6, 6.07) is 8.33. The van der Waals surface area contributed by atoms with Gasteiger partial charge in [0.05, 0.1) is 16.9 Å². The molecule has 1 aromatic heterocycles. The van der Waals surface area contributed by atoms with Crippen LogP contribution in [0.1, 0.15) is 20.3 Å². The van der Waals surface area contributed by atoms with Gasteiger partial charge in [-0.2, -0.15) is 0 Å². The fourth-order valence-electron chi connectivity index (χ4n) is 1.67. The maximum atomic E-state index is 6.12. The predicted octanol–water partition coefficient (Wildman–Crippen LogP) is 3.03. The van der Waals surface area contributed by atoms with Crippen LogP contribution in [0.4, 0.5) is 11.4 Å². The van der Waals surface area contributed by atoms with Gasteiger partial charge >= 0.3 is 0 Å². The molecule has 0 saturated heterocycles. The van der Waals surface area contributed by atoms with E-state index in [-0.39, 0.29) is 0 Å². The molecule has 0 aliphatic rings. The summed E-state index contributed by atoms with van der Waals surface area (Å²) in [5.41, 5.74) is 8.84. The van der Waals surface area contributed by atoms with Gasteiger partial charge in [0.1, 0.15) is 0 Å². The molecule has 3 N–H and O–H groups in total. The highest BCUT2D eigenvalue weighted by molar-refractivity contribution is 5.96. The van der Waals surface area contributed by atoms with E-state index in [9.17, 15) is 0 Å². The van der Waals surface area contributed by atoms with Gasteiger partial charge < -0.3 is 11.1 Å². The summed E-state index contributed by atoms with van der Waals surface area (Å²) in [5, 5.41) is 4.41. The fourth-order valence-corrected chi connectivity index (χ4v) is 1.67. The lowest BCUT2D eigenvalue weighted by Gasteiger charge is -2.15. The van der Waals surface area contributed by atoms with Crippen LogP contribution in [0.3, 0.4) is 0 Å². The van der Waals surface area contributed by atoms with E-state index in [1.807, 2.05) is 24.3 Å². The van der Waals surface area contributed by atoms with Gasteiger partial charge in [0, 0.05) is 17.6 Å². The predicted molar refractivity (Wildman–Crippen MR) is 69.5 cm³/mol. The van der Waals surface area contributed by atoms with Crippen LogP contribution in [0.5, 0.6) is 0 Å². The lowest BCUT2D eigenvalue weighted by atomic mass is 10.1. The first-order valence-electron chi connectivity index (χ1n) is 5.62. The number of rotatable bonds is 3. The summed E-state index contributed by atoms with van der Waals surface area (Å²) in [6.45, 7) is 4.29. The number of aromatic nitrogens is 1. The number of nitrogens with one attached hydrogen (secondary N) is 1. The Kier molecular flexibility index (Phi) is 2.95. The number of nitrogens with zero attached hydrogens (tertiary/aromatic N) is 1. The Labute approximate surface area is 95.7 Å². The molecule has 1 heterocycles. The minimum Gasteiger partial charge on any atom is -0.397 e. The molecule has 3 heteroatoms. The topological polar surface area (TPSA) is 50.9 Å². The molecule has 0 bridgehead atoms. The lowest BCUT2D eigenvalue weighted by Crippen LogP contribution is -2.14. The van der Waals surface area contributed by atoms with E-state index >= 15 is 0 Å². The van der Waals surface area contributed by atoms with Crippen molar-refractivity contribution in [2.24, 2.45) is 0 Å². The molecule has 1 aromatic carbocycles. The SMILES string of the molecule is CCC(C)Nc1ccc2ncccc2c1N. The highest BCUT2D eigenvalue weighted by Gasteiger charge is 2.06. The molecule has 0 aliphatic heterocycles. The second-order valence-corrected chi connectivity index (χ2v) is 4.05. The smallest absolute Gasteiger partial charge is 0.0724 e. The minimum atomic E-state index is 0.427. The Morgan fingerprint density at radius 1 is 1.38 bits per heavy atom. The molecule has 1 atom stereocenters. The van der Waals surface area contributed by atoms with Crippen LogP contribution in [-0.4, -0.2) is 11.0 Å². The maximum absolute atomic E-state index is 6.12. The van der Waals surface area contributed by atoms with Crippen molar-refractivity contribution in [3.05, 3.63) is 30.5 Å². The van der Waals surface area contributed by atoms with Crippen LogP contribution in [0.15, 0.2) is 30.5 Å². The minimum absolute atomic E-state index is 0.427. The second-order valence-electron chi connectivity index (χ2n) is 4.05. The van der Waals surface area contributed by atoms with E-state index in [4.69, 9.17) is 5.73 Å². The number of hydrogen-bond donors (Lipinski definition) is 2. The summed E-state index contributed by atoms with van der Waals surface area (Å²) < 4.78 is 0. The van der Waals surface area contributed by atoms with Crippen molar-refractivity contribution in [1.29, 1.82) is 0 Å². The summed E-state index contributed by atoms with van der Waals surface area (Å²) in [4.78, 5) is 4.27. The average molecular weight is 215 g/mol. The van der Waals surface area contributed by atoms with E-state index in [2.05, 4.69) is 24.1 Å². The van der Waals surface area contributed by atoms with Crippen molar-refractivity contribution < 1.29 is 0 Å². The lowest BCUT2D eigenvalue weighted by molar-refractivity contribution is 0.765. The highest BCUT2D eigenvalue weighted by atomic mass is 14.9. The third kappa shape index (κ3) is 1.94. The van der Waals surface area contributed by atoms with E-state index in [1.165, 1.54) is 0 Å². The second kappa shape index (κ2) is 4.39. The van der Waals surface area contributed by atoms with Crippen LogP contribution >= 0.6 is 0 Å². The van der Waals surface area contributed by atoms with Crippen LogP contribution in [0, 0.1) is 0 Å². The first kappa shape index (κ1) is 10.7. The highest BCUT2D eigenvalue weighted by Crippen LogP contribution is 2.27. The molecule has 0 radical (unpaired) electrons. The maximum Gasteiger partial charge on any atom is 0.0724 e. The van der Waals surface area contributed by atoms with Gasteiger partial charge in [-0.1, -0.05) is 6.92 Å². The van der Waals surface area contributed by atoms with E-state index in [1.54, 1.807) is 6.20 Å². The van der Waals surface area contributed by atoms with Gasteiger partial charge in [-0.3, -0.25) is 4.98 Å². The van der Waals surface area contributed by atoms with Crippen LogP contribution < -0.4 is 11.1 Å². The zero-order valence-electron chi connectivity index (χ0n) is 9.70. The monoisotopic (exact) mass is 215 g/mol. The van der Waals surface area contributed by atoms with Crippen LogP contribution in [-0.2, 0) is 0 Å². The Morgan fingerprint density at radius 3 is 2.94 bits per heavy atom. The van der Waals surface area contributed by atoms with E-state index in [0.29, 0.717) is 6.04 Å². The number of benzene rings is 1. The van der Waals surface area contributed by atoms with Gasteiger partial charge in [0.15, 0.2) is 0 Å². The average Bonchev–Trinajstić information content (AvgIpc) is 2.33. The van der Waals surface area contributed by atoms with Crippen molar-refractivity contribution in [2.45, 2.75) is 26.3 Å². The molecule has 0 saturated carbocycles. The van der Waals surface area contributed by atoms with Crippen molar-refractivity contribution in [2.75, 3.05) is 11.1 Å². The standard InChI is InChI=1S/C13H17N3/c1-3-9(2)16-12-7-6-11-10(13(12)14)5-4-8-15-11/h4-9,16H,3,14H2,1-2H3. The summed E-state index contributed by atoms with van der Waals surface area (Å²) >= 11 is 0. The summed E-state index contributed by atoms with van der Waals surface area (Å²) in [5.74, 6) is 0. The Hall–Kier alpha value is -1.77. The summed E-state index contributed by atoms with van der Waals surface area (Å²) in [7, 11) is 0. The van der Waals surface area contributed by atoms with Crippen molar-refractivity contribution >= 4 is 22.3 Å². The first-order valence-corrected chi connectivity index (χ1v) is 5.62. The molecule has 0 aliphatic carbocycles. The molecule has 0 amide bonds. The van der Waals surface area contributed by atoms with E-state index < -0.39 is 0 Å². The molecular formula is C13H17N3. The molecular weight excluding hydrogens is 198 g/mol. The molecule has 84 valence electrons. The zero-order valence-corrected chi connectivity index (χ0v) is 9.70. The van der Waals surface area contributed by atoms with Crippen LogP contribution in [0.25, 0.3) is 10.9 Å². The van der Waals surface area contributed by atoms with Gasteiger partial charge in [0.2, 0.25) is 0 Å². The number of hydrogen-bond acceptors (Lipinski definition) is 3. The zero-order chi connectivity index (χ0) is 11.5. The molecule has 0 fully saturated rings. The largest absolute Gasteiger partial charge is 0.397 e. The first-order chi connectivity index (χ1) is 7.72. The number of nitrogens with two attached hydrogens (primary N) is 1. The van der Waals surface area contributed by atoms with Crippen molar-refractivity contribution in [1.82, 2.24) is 4.98 Å². The molecule has 2 aromatic rings. The molecule has 1 unspecified atom stereocenters. The normalized spacial score (nSPS) is 12.6. The number of anilines is 2. The summed E-state index contributed by atoms with van der Waals surface area (Å²) in [6.07, 6.45) is 2.86. The molecule has 0 spiro atoms. The van der Waals surface area contributed by atoms with Gasteiger partial charge in [-0.15, -0.1) is 0 Å². The van der Waals surface area contributed by atoms with Gasteiger partial charge in [0.25, 0.3) is 0 Å². The van der Waals surface area contributed by atoms with Crippen molar-refractivity contribution in [3.63, 3.8) is 0 Å². The molecule has 2 rings (SSSR count). The molecule has 3 nitrogen and oxygen atoms in total. The molecule has 16 heavy (non-hydrogen) atoms. The number of fused-ring (bicyclic) bond motifs is 1. The number of nitrogen functional groups attached to an aromatic ring is 1. The van der Waals surface area contributed by atoms with E-state index in [0.717, 1.165) is 28.7 Å². The Bertz CT molecular complexity index is 494. The van der Waals surface area contributed by atoms with Crippen LogP contribution in [0.2, 0.25) is 0 Å². The number of pyridine rings is 1. The van der Waals surface area contributed by atoms with Gasteiger partial charge in [-0.25, -0.2) is 0 Å². The third-order valence-electron chi connectivity index (χ3n) is 2.84. The Balaban J connectivity index is 2.44. The fraction of sp³-hybridized carbons (Fsp3) is 0.308. The van der Waals surface area contributed by atoms with Crippen molar-refractivity contribution in [3.8, 4) is 0 Å². The third-order valence-corrected chi connectivity index (χ3v) is 2.84. The Morgan fingerprint density at radius 2 is 2.19 bits per heavy atom. The van der Waals surface area contributed by atoms with Gasteiger partial charge in [-0.05, 0) is 37.6 Å². The quantitative estimate of drug-likeness (QED) is 0.774.